The highest BCUT2D eigenvalue weighted by molar-refractivity contribution is 9.10. The molecule has 114 valence electrons. The Labute approximate surface area is 132 Å². The fourth-order valence-corrected chi connectivity index (χ4v) is 3.38. The summed E-state index contributed by atoms with van der Waals surface area (Å²) in [6, 6.07) is 4.71. The topological polar surface area (TPSA) is 25.2 Å². The second kappa shape index (κ2) is 6.23. The van der Waals surface area contributed by atoms with Gasteiger partial charge in [-0.15, -0.1) is 11.3 Å². The van der Waals surface area contributed by atoms with Crippen LogP contribution in [-0.4, -0.2) is 28.6 Å². The van der Waals surface area contributed by atoms with E-state index >= 15 is 0 Å². The quantitative estimate of drug-likeness (QED) is 0.782. The van der Waals surface area contributed by atoms with E-state index in [2.05, 4.69) is 15.9 Å². The average molecular weight is 381 g/mol. The van der Waals surface area contributed by atoms with E-state index in [0.29, 0.717) is 6.54 Å². The van der Waals surface area contributed by atoms with Crippen LogP contribution in [-0.2, 0) is 13.1 Å². The summed E-state index contributed by atoms with van der Waals surface area (Å²) in [5, 5.41) is 1.89. The van der Waals surface area contributed by atoms with Crippen LogP contribution in [0, 0.1) is 0 Å². The standard InChI is InChI=1S/C13H12BrF3N2OS/c1-18(6-10-5-9(14)7-21-10)12(20)11-3-2-4-19(11)8-13(15,16)17/h2-5,7H,6,8H2,1H3. The van der Waals surface area contributed by atoms with Crippen molar-refractivity contribution in [3.05, 3.63) is 44.8 Å². The predicted molar refractivity (Wildman–Crippen MR) is 78.3 cm³/mol. The van der Waals surface area contributed by atoms with E-state index in [1.165, 1.54) is 34.6 Å². The lowest BCUT2D eigenvalue weighted by Crippen LogP contribution is -2.29. The van der Waals surface area contributed by atoms with E-state index in [4.69, 9.17) is 0 Å². The molecule has 0 aliphatic rings. The van der Waals surface area contributed by atoms with Gasteiger partial charge < -0.3 is 9.47 Å². The maximum atomic E-state index is 12.5. The second-order valence-electron chi connectivity index (χ2n) is 4.53. The lowest BCUT2D eigenvalue weighted by Gasteiger charge is -2.18. The van der Waals surface area contributed by atoms with Crippen molar-refractivity contribution in [3.63, 3.8) is 0 Å². The molecule has 2 aromatic rings. The van der Waals surface area contributed by atoms with Gasteiger partial charge in [0.2, 0.25) is 0 Å². The number of alkyl halides is 3. The van der Waals surface area contributed by atoms with E-state index in [1.807, 2.05) is 11.4 Å². The van der Waals surface area contributed by atoms with E-state index < -0.39 is 18.6 Å². The Morgan fingerprint density at radius 3 is 2.76 bits per heavy atom. The van der Waals surface area contributed by atoms with Crippen LogP contribution in [0.15, 0.2) is 34.2 Å². The average Bonchev–Trinajstić information content (AvgIpc) is 2.95. The summed E-state index contributed by atoms with van der Waals surface area (Å²) >= 11 is 4.80. The fraction of sp³-hybridized carbons (Fsp3) is 0.308. The highest BCUT2D eigenvalue weighted by atomic mass is 79.9. The summed E-state index contributed by atoms with van der Waals surface area (Å²) < 4.78 is 39.2. The van der Waals surface area contributed by atoms with E-state index in [9.17, 15) is 18.0 Å². The van der Waals surface area contributed by atoms with Crippen LogP contribution in [0.25, 0.3) is 0 Å². The Hall–Kier alpha value is -1.28. The van der Waals surface area contributed by atoms with Crippen LogP contribution < -0.4 is 0 Å². The zero-order valence-corrected chi connectivity index (χ0v) is 13.4. The monoisotopic (exact) mass is 380 g/mol. The molecule has 0 aromatic carbocycles. The van der Waals surface area contributed by atoms with Gasteiger partial charge in [-0.05, 0) is 34.1 Å². The largest absolute Gasteiger partial charge is 0.406 e. The van der Waals surface area contributed by atoms with E-state index in [1.54, 1.807) is 7.05 Å². The number of hydrogen-bond acceptors (Lipinski definition) is 2. The van der Waals surface area contributed by atoms with E-state index in [-0.39, 0.29) is 5.69 Å². The van der Waals surface area contributed by atoms with Crippen LogP contribution in [0.1, 0.15) is 15.4 Å². The number of carbonyl (C=O) groups is 1. The highest BCUT2D eigenvalue weighted by Gasteiger charge is 2.30. The van der Waals surface area contributed by atoms with Gasteiger partial charge in [-0.3, -0.25) is 4.79 Å². The number of nitrogens with zero attached hydrogens (tertiary/aromatic N) is 2. The smallest absolute Gasteiger partial charge is 0.335 e. The second-order valence-corrected chi connectivity index (χ2v) is 6.44. The van der Waals surface area contributed by atoms with Gasteiger partial charge in [-0.1, -0.05) is 0 Å². The van der Waals surface area contributed by atoms with Crippen LogP contribution in [0.3, 0.4) is 0 Å². The lowest BCUT2D eigenvalue weighted by atomic mass is 10.3. The molecule has 2 heterocycles. The van der Waals surface area contributed by atoms with Crippen LogP contribution in [0.5, 0.6) is 0 Å². The molecular formula is C13H12BrF3N2OS. The van der Waals surface area contributed by atoms with Crippen molar-refractivity contribution in [3.8, 4) is 0 Å². The first-order chi connectivity index (χ1) is 9.76. The molecule has 1 amide bonds. The summed E-state index contributed by atoms with van der Waals surface area (Å²) in [4.78, 5) is 14.6. The molecule has 2 rings (SSSR count). The fourth-order valence-electron chi connectivity index (χ4n) is 1.88. The number of hydrogen-bond donors (Lipinski definition) is 0. The number of carbonyl (C=O) groups excluding carboxylic acids is 1. The van der Waals surface area contributed by atoms with Crippen molar-refractivity contribution >= 4 is 33.2 Å². The molecule has 2 aromatic heterocycles. The summed E-state index contributed by atoms with van der Waals surface area (Å²) in [5.41, 5.74) is 0.0328. The van der Waals surface area contributed by atoms with Crippen LogP contribution in [0.2, 0.25) is 0 Å². The number of aromatic nitrogens is 1. The molecule has 21 heavy (non-hydrogen) atoms. The first-order valence-electron chi connectivity index (χ1n) is 5.96. The van der Waals surface area contributed by atoms with Crippen molar-refractivity contribution in [1.82, 2.24) is 9.47 Å². The summed E-state index contributed by atoms with van der Waals surface area (Å²) in [5.74, 6) is -0.436. The third-order valence-corrected chi connectivity index (χ3v) is 4.44. The van der Waals surface area contributed by atoms with Gasteiger partial charge in [0.05, 0.1) is 6.54 Å². The van der Waals surface area contributed by atoms with Crippen LogP contribution >= 0.6 is 27.3 Å². The summed E-state index contributed by atoms with van der Waals surface area (Å²) in [7, 11) is 1.57. The summed E-state index contributed by atoms with van der Waals surface area (Å²) in [6.07, 6.45) is -3.10. The first-order valence-corrected chi connectivity index (χ1v) is 7.64. The molecule has 0 saturated carbocycles. The van der Waals surface area contributed by atoms with Gasteiger partial charge in [0.15, 0.2) is 0 Å². The minimum atomic E-state index is -4.36. The minimum absolute atomic E-state index is 0.0328. The number of rotatable bonds is 4. The van der Waals surface area contributed by atoms with E-state index in [0.717, 1.165) is 13.9 Å². The predicted octanol–water partition coefficient (Wildman–Crippen LogP) is 4.15. The zero-order chi connectivity index (χ0) is 15.6. The molecule has 0 spiro atoms. The van der Waals surface area contributed by atoms with Crippen molar-refractivity contribution in [2.45, 2.75) is 19.3 Å². The maximum Gasteiger partial charge on any atom is 0.406 e. The highest BCUT2D eigenvalue weighted by Crippen LogP contribution is 2.22. The van der Waals surface area contributed by atoms with Crippen molar-refractivity contribution < 1.29 is 18.0 Å². The van der Waals surface area contributed by atoms with Crippen molar-refractivity contribution in [1.29, 1.82) is 0 Å². The zero-order valence-electron chi connectivity index (χ0n) is 11.0. The Bertz CT molecular complexity index is 635. The van der Waals surface area contributed by atoms with Gasteiger partial charge in [-0.25, -0.2) is 0 Å². The number of thiophene rings is 1. The third-order valence-electron chi connectivity index (χ3n) is 2.76. The SMILES string of the molecule is CN(Cc1cc(Br)cs1)C(=O)c1cccn1CC(F)(F)F. The Morgan fingerprint density at radius 2 is 2.19 bits per heavy atom. The Kier molecular flexibility index (Phi) is 4.77. The molecule has 0 fully saturated rings. The minimum Gasteiger partial charge on any atom is -0.335 e. The number of amides is 1. The molecule has 0 saturated heterocycles. The van der Waals surface area contributed by atoms with Crippen molar-refractivity contribution in [2.75, 3.05) is 7.05 Å². The summed E-state index contributed by atoms with van der Waals surface area (Å²) in [6.45, 7) is -0.814. The first kappa shape index (κ1) is 16.1. The molecule has 0 radical (unpaired) electrons. The molecule has 0 N–H and O–H groups in total. The molecule has 0 unspecified atom stereocenters. The molecular weight excluding hydrogens is 369 g/mol. The molecule has 3 nitrogen and oxygen atoms in total. The van der Waals surface area contributed by atoms with Gasteiger partial charge >= 0.3 is 6.18 Å². The van der Waals surface area contributed by atoms with Gasteiger partial charge in [0, 0.05) is 28.0 Å². The molecule has 0 aliphatic heterocycles. The molecule has 0 aliphatic carbocycles. The molecule has 0 atom stereocenters. The molecule has 0 bridgehead atoms. The lowest BCUT2D eigenvalue weighted by molar-refractivity contribution is -0.140. The normalized spacial score (nSPS) is 11.7. The number of halogens is 4. The Morgan fingerprint density at radius 1 is 1.48 bits per heavy atom. The van der Waals surface area contributed by atoms with Gasteiger partial charge in [-0.2, -0.15) is 13.2 Å². The van der Waals surface area contributed by atoms with Gasteiger partial charge in [0.25, 0.3) is 5.91 Å². The van der Waals surface area contributed by atoms with Crippen LogP contribution in [0.4, 0.5) is 13.2 Å². The Balaban J connectivity index is 2.11. The third kappa shape index (κ3) is 4.34. The van der Waals surface area contributed by atoms with Gasteiger partial charge in [0.1, 0.15) is 12.2 Å². The maximum absolute atomic E-state index is 12.5. The van der Waals surface area contributed by atoms with Crippen molar-refractivity contribution in [2.24, 2.45) is 0 Å². The molecule has 8 heteroatoms.